The summed E-state index contributed by atoms with van der Waals surface area (Å²) in [6.45, 7) is 6.40. The molecule has 0 N–H and O–H groups in total. The number of rotatable bonds is 52. The minimum absolute atomic E-state index is 0.0832. The van der Waals surface area contributed by atoms with Crippen LogP contribution in [0.1, 0.15) is 271 Å². The van der Waals surface area contributed by atoms with Gasteiger partial charge in [0.1, 0.15) is 13.2 Å². The molecule has 0 spiro atoms. The summed E-state index contributed by atoms with van der Waals surface area (Å²) < 4.78 is 16.8. The van der Waals surface area contributed by atoms with Crippen LogP contribution in [0.5, 0.6) is 0 Å². The molecule has 0 fully saturated rings. The smallest absolute Gasteiger partial charge is 0.306 e. The minimum atomic E-state index is -0.786. The molecule has 1 atom stereocenters. The van der Waals surface area contributed by atoms with E-state index in [9.17, 15) is 14.4 Å². The highest BCUT2D eigenvalue weighted by Gasteiger charge is 2.19. The van der Waals surface area contributed by atoms with Crippen molar-refractivity contribution in [2.24, 2.45) is 0 Å². The van der Waals surface area contributed by atoms with Crippen LogP contribution in [0.2, 0.25) is 0 Å². The first-order valence-electron chi connectivity index (χ1n) is 29.2. The van der Waals surface area contributed by atoms with Gasteiger partial charge in [-0.2, -0.15) is 0 Å². The lowest BCUT2D eigenvalue weighted by Gasteiger charge is -2.18. The minimum Gasteiger partial charge on any atom is -0.462 e. The van der Waals surface area contributed by atoms with Crippen LogP contribution in [0.3, 0.4) is 0 Å². The average Bonchev–Trinajstić information content (AvgIpc) is 3.36. The summed E-state index contributed by atoms with van der Waals surface area (Å²) in [4.78, 5) is 38.1. The third kappa shape index (κ3) is 55.3. The van der Waals surface area contributed by atoms with Crippen molar-refractivity contribution in [1.29, 1.82) is 0 Å². The van der Waals surface area contributed by atoms with Crippen molar-refractivity contribution in [3.05, 3.63) is 97.2 Å². The van der Waals surface area contributed by atoms with Crippen molar-refractivity contribution in [1.82, 2.24) is 0 Å². The molecule has 0 aromatic carbocycles. The number of carbonyl (C=O) groups is 3. The Morgan fingerprint density at radius 3 is 0.871 bits per heavy atom. The van der Waals surface area contributed by atoms with Gasteiger partial charge in [-0.25, -0.2) is 0 Å². The molecule has 0 saturated heterocycles. The van der Waals surface area contributed by atoms with Crippen molar-refractivity contribution in [3.8, 4) is 0 Å². The number of hydrogen-bond acceptors (Lipinski definition) is 6. The molecule has 0 heterocycles. The maximum atomic E-state index is 12.9. The first kappa shape index (κ1) is 66.3. The van der Waals surface area contributed by atoms with Gasteiger partial charge in [-0.15, -0.1) is 0 Å². The zero-order valence-corrected chi connectivity index (χ0v) is 45.8. The molecule has 0 saturated carbocycles. The monoisotopic (exact) mass is 973 g/mol. The molecule has 0 rings (SSSR count). The van der Waals surface area contributed by atoms with Gasteiger partial charge in [-0.05, 0) is 96.3 Å². The molecule has 0 radical (unpaired) electrons. The summed E-state index contributed by atoms with van der Waals surface area (Å²) in [6, 6.07) is 0. The first-order chi connectivity index (χ1) is 34.5. The Morgan fingerprint density at radius 1 is 0.300 bits per heavy atom. The molecule has 400 valence electrons. The predicted molar refractivity (Wildman–Crippen MR) is 302 cm³/mol. The van der Waals surface area contributed by atoms with Gasteiger partial charge in [0.25, 0.3) is 0 Å². The second-order valence-corrected chi connectivity index (χ2v) is 19.1. The van der Waals surface area contributed by atoms with Gasteiger partial charge < -0.3 is 14.2 Å². The van der Waals surface area contributed by atoms with E-state index in [-0.39, 0.29) is 31.1 Å². The summed E-state index contributed by atoms with van der Waals surface area (Å²) in [5.74, 6) is -0.899. The van der Waals surface area contributed by atoms with E-state index in [1.165, 1.54) is 109 Å². The highest BCUT2D eigenvalue weighted by molar-refractivity contribution is 5.71. The highest BCUT2D eigenvalue weighted by atomic mass is 16.6. The fourth-order valence-corrected chi connectivity index (χ4v) is 8.01. The van der Waals surface area contributed by atoms with Gasteiger partial charge in [0.15, 0.2) is 6.10 Å². The van der Waals surface area contributed by atoms with Crippen LogP contribution in [0.15, 0.2) is 97.2 Å². The number of allylic oxidation sites excluding steroid dienone is 16. The molecule has 0 aliphatic rings. The molecule has 70 heavy (non-hydrogen) atoms. The van der Waals surface area contributed by atoms with Crippen molar-refractivity contribution in [2.75, 3.05) is 13.2 Å². The Balaban J connectivity index is 4.32. The summed E-state index contributed by atoms with van der Waals surface area (Å²) >= 11 is 0. The van der Waals surface area contributed by atoms with Gasteiger partial charge >= 0.3 is 17.9 Å². The standard InChI is InChI=1S/C64H108O6/c1-4-7-10-13-16-19-22-24-26-28-30-31-32-33-35-36-38-40-42-45-48-51-54-57-63(66)69-60-61(59-68-62(65)56-53-50-47-44-21-18-15-12-9-6-3)70-64(67)58-55-52-49-46-43-41-39-37-34-29-27-25-23-20-17-14-11-8-5-2/h7-8,10-11,16-17,19-20,24-27,30-31,34,37,61H,4-6,9,12-15,18,21-23,28-29,32-33,35-36,38-60H2,1-3H3/b10-7-,11-8-,19-16-,20-17-,26-24-,27-25-,31-30-,37-34-. The Morgan fingerprint density at radius 2 is 0.557 bits per heavy atom. The van der Waals surface area contributed by atoms with Gasteiger partial charge in [-0.3, -0.25) is 14.4 Å². The molecule has 0 aliphatic carbocycles. The molecule has 0 aromatic heterocycles. The third-order valence-electron chi connectivity index (χ3n) is 12.3. The highest BCUT2D eigenvalue weighted by Crippen LogP contribution is 2.15. The maximum Gasteiger partial charge on any atom is 0.306 e. The molecule has 1 unspecified atom stereocenters. The summed E-state index contributed by atoms with van der Waals surface area (Å²) in [5, 5.41) is 0. The van der Waals surface area contributed by atoms with Crippen molar-refractivity contribution < 1.29 is 28.6 Å². The zero-order valence-electron chi connectivity index (χ0n) is 45.8. The topological polar surface area (TPSA) is 78.9 Å². The molecular formula is C64H108O6. The normalized spacial score (nSPS) is 12.8. The van der Waals surface area contributed by atoms with Gasteiger partial charge in [0, 0.05) is 19.3 Å². The number of unbranched alkanes of at least 4 members (excludes halogenated alkanes) is 25. The van der Waals surface area contributed by atoms with Gasteiger partial charge in [-0.1, -0.05) is 253 Å². The van der Waals surface area contributed by atoms with Gasteiger partial charge in [0.05, 0.1) is 0 Å². The fourth-order valence-electron chi connectivity index (χ4n) is 8.01. The lowest BCUT2D eigenvalue weighted by molar-refractivity contribution is -0.167. The molecule has 6 nitrogen and oxygen atoms in total. The largest absolute Gasteiger partial charge is 0.462 e. The van der Waals surface area contributed by atoms with E-state index in [0.29, 0.717) is 19.3 Å². The summed E-state index contributed by atoms with van der Waals surface area (Å²) in [7, 11) is 0. The van der Waals surface area contributed by atoms with Crippen LogP contribution >= 0.6 is 0 Å². The van der Waals surface area contributed by atoms with Crippen LogP contribution in [-0.4, -0.2) is 37.2 Å². The second kappa shape index (κ2) is 57.9. The fraction of sp³-hybridized carbons (Fsp3) is 0.703. The van der Waals surface area contributed by atoms with Crippen LogP contribution in [0, 0.1) is 0 Å². The molecule has 0 aromatic rings. The second-order valence-electron chi connectivity index (χ2n) is 19.1. The van der Waals surface area contributed by atoms with E-state index in [1.807, 2.05) is 0 Å². The van der Waals surface area contributed by atoms with Crippen molar-refractivity contribution in [2.45, 2.75) is 277 Å². The molecular weight excluding hydrogens is 865 g/mol. The summed E-state index contributed by atoms with van der Waals surface area (Å²) in [6.07, 6.45) is 76.9. The van der Waals surface area contributed by atoms with Crippen LogP contribution in [0.4, 0.5) is 0 Å². The van der Waals surface area contributed by atoms with Crippen LogP contribution in [0.25, 0.3) is 0 Å². The van der Waals surface area contributed by atoms with Crippen LogP contribution in [-0.2, 0) is 28.6 Å². The molecule has 0 aliphatic heterocycles. The van der Waals surface area contributed by atoms with Crippen LogP contribution < -0.4 is 0 Å². The van der Waals surface area contributed by atoms with E-state index in [4.69, 9.17) is 14.2 Å². The van der Waals surface area contributed by atoms with E-state index in [1.54, 1.807) is 0 Å². The average molecular weight is 974 g/mol. The summed E-state index contributed by atoms with van der Waals surface area (Å²) in [5.41, 5.74) is 0. The van der Waals surface area contributed by atoms with E-state index in [2.05, 4.69) is 118 Å². The Kier molecular flexibility index (Phi) is 54.9. The number of ether oxygens (including phenoxy) is 3. The Hall–Kier alpha value is -3.67. The number of hydrogen-bond donors (Lipinski definition) is 0. The Labute approximate surface area is 432 Å². The number of esters is 3. The Bertz CT molecular complexity index is 1400. The lowest BCUT2D eigenvalue weighted by Crippen LogP contribution is -2.30. The SMILES string of the molecule is CC/C=C\C/C=C\C/C=C\C/C=C\CCCCCCCCCCCCC(=O)OCC(COC(=O)CCCCCCCCCCCC)OC(=O)CCCCCCCC/C=C\C/C=C\C/C=C\C/C=C\CC. The first-order valence-corrected chi connectivity index (χ1v) is 29.2. The van der Waals surface area contributed by atoms with E-state index < -0.39 is 6.10 Å². The van der Waals surface area contributed by atoms with E-state index >= 15 is 0 Å². The molecule has 0 amide bonds. The van der Waals surface area contributed by atoms with E-state index in [0.717, 1.165) is 122 Å². The third-order valence-corrected chi connectivity index (χ3v) is 12.3. The van der Waals surface area contributed by atoms with Crippen molar-refractivity contribution in [3.63, 3.8) is 0 Å². The van der Waals surface area contributed by atoms with Gasteiger partial charge in [0.2, 0.25) is 0 Å². The predicted octanol–water partition coefficient (Wildman–Crippen LogP) is 19.7. The van der Waals surface area contributed by atoms with Crippen molar-refractivity contribution >= 4 is 17.9 Å². The maximum absolute atomic E-state index is 12.9. The lowest BCUT2D eigenvalue weighted by atomic mass is 10.1. The number of carbonyl (C=O) groups excluding carboxylic acids is 3. The zero-order chi connectivity index (χ0) is 50.7. The molecule has 6 heteroatoms. The molecule has 0 bridgehead atoms. The quantitative estimate of drug-likeness (QED) is 0.0262.